The van der Waals surface area contributed by atoms with Gasteiger partial charge in [-0.1, -0.05) is 12.1 Å². The maximum atomic E-state index is 5.59. The van der Waals surface area contributed by atoms with Gasteiger partial charge in [-0.15, -0.1) is 0 Å². The molecule has 3 aromatic rings. The lowest BCUT2D eigenvalue weighted by molar-refractivity contribution is 0.208. The largest absolute Gasteiger partial charge is 0.337 e. The Morgan fingerprint density at radius 3 is 3.00 bits per heavy atom. The fourth-order valence-corrected chi connectivity index (χ4v) is 3.57. The predicted octanol–water partition coefficient (Wildman–Crippen LogP) is 2.94. The molecule has 1 aliphatic rings. The molecule has 7 heteroatoms. The molecule has 0 bridgehead atoms. The van der Waals surface area contributed by atoms with Crippen molar-refractivity contribution in [1.29, 1.82) is 0 Å². The van der Waals surface area contributed by atoms with Crippen LogP contribution in [-0.4, -0.2) is 42.7 Å². The van der Waals surface area contributed by atoms with Gasteiger partial charge < -0.3 is 4.52 Å². The number of likely N-dealkylation sites (tertiary alicyclic amines) is 1. The van der Waals surface area contributed by atoms with Crippen LogP contribution in [0.2, 0.25) is 0 Å². The van der Waals surface area contributed by atoms with Crippen LogP contribution in [0.3, 0.4) is 0 Å². The summed E-state index contributed by atoms with van der Waals surface area (Å²) in [5.41, 5.74) is 3.58. The van der Waals surface area contributed by atoms with Crippen molar-refractivity contribution in [1.82, 2.24) is 29.6 Å². The highest BCUT2D eigenvalue weighted by molar-refractivity contribution is 5.72. The summed E-state index contributed by atoms with van der Waals surface area (Å²) in [4.78, 5) is 11.7. The highest BCUT2D eigenvalue weighted by atomic mass is 16.5. The summed E-state index contributed by atoms with van der Waals surface area (Å²) in [6.45, 7) is 8.36. The van der Waals surface area contributed by atoms with Crippen molar-refractivity contribution in [3.8, 4) is 11.4 Å². The summed E-state index contributed by atoms with van der Waals surface area (Å²) < 4.78 is 7.41. The Balaban J connectivity index is 1.71. The molecule has 0 amide bonds. The minimum absolute atomic E-state index is 0.240. The van der Waals surface area contributed by atoms with E-state index in [9.17, 15) is 0 Å². The first-order chi connectivity index (χ1) is 11.7. The molecule has 0 aliphatic carbocycles. The maximum Gasteiger partial charge on any atom is 0.244 e. The smallest absolute Gasteiger partial charge is 0.244 e. The van der Waals surface area contributed by atoms with E-state index in [0.717, 1.165) is 48.5 Å². The molecule has 1 saturated heterocycles. The van der Waals surface area contributed by atoms with Gasteiger partial charge in [0.2, 0.25) is 11.7 Å². The third-order valence-corrected chi connectivity index (χ3v) is 4.62. The van der Waals surface area contributed by atoms with Gasteiger partial charge in [0.25, 0.3) is 0 Å². The van der Waals surface area contributed by atoms with Crippen molar-refractivity contribution in [2.45, 2.75) is 46.1 Å². The summed E-state index contributed by atoms with van der Waals surface area (Å²) in [6.07, 6.45) is 5.15. The molecule has 3 aromatic heterocycles. The molecule has 7 nitrogen and oxygen atoms in total. The van der Waals surface area contributed by atoms with E-state index in [0.29, 0.717) is 11.7 Å². The fourth-order valence-electron chi connectivity index (χ4n) is 3.57. The first-order valence-corrected chi connectivity index (χ1v) is 8.57. The second kappa shape index (κ2) is 5.98. The molecule has 126 valence electrons. The van der Waals surface area contributed by atoms with Gasteiger partial charge in [0.15, 0.2) is 5.65 Å². The molecule has 0 radical (unpaired) electrons. The predicted molar refractivity (Wildman–Crippen MR) is 89.6 cm³/mol. The van der Waals surface area contributed by atoms with Crippen LogP contribution in [0.25, 0.3) is 17.0 Å². The van der Waals surface area contributed by atoms with E-state index in [1.54, 1.807) is 6.20 Å². The zero-order valence-corrected chi connectivity index (χ0v) is 14.4. The van der Waals surface area contributed by atoms with Gasteiger partial charge in [-0.3, -0.25) is 4.90 Å². The summed E-state index contributed by atoms with van der Waals surface area (Å²) in [6, 6.07) is 2.25. The minimum Gasteiger partial charge on any atom is -0.337 e. The van der Waals surface area contributed by atoms with Gasteiger partial charge in [0.1, 0.15) is 0 Å². The van der Waals surface area contributed by atoms with Crippen LogP contribution in [0, 0.1) is 13.8 Å². The Morgan fingerprint density at radius 2 is 2.17 bits per heavy atom. The molecule has 0 aromatic carbocycles. The molecule has 0 saturated carbocycles. The van der Waals surface area contributed by atoms with Crippen molar-refractivity contribution in [2.75, 3.05) is 13.1 Å². The Morgan fingerprint density at radius 1 is 1.29 bits per heavy atom. The van der Waals surface area contributed by atoms with Gasteiger partial charge in [0, 0.05) is 11.4 Å². The summed E-state index contributed by atoms with van der Waals surface area (Å²) >= 11 is 0. The minimum atomic E-state index is 0.240. The van der Waals surface area contributed by atoms with Crippen molar-refractivity contribution in [3.63, 3.8) is 0 Å². The SMILES string of the molecule is CCCN1CCC[C@@H]1c1nc(-c2cnn3c(C)cc(C)nc23)no1. The summed E-state index contributed by atoms with van der Waals surface area (Å²) in [5.74, 6) is 1.28. The molecular formula is C17H22N6O. The first kappa shape index (κ1) is 15.3. The molecule has 0 spiro atoms. The molecular weight excluding hydrogens is 304 g/mol. The maximum absolute atomic E-state index is 5.59. The van der Waals surface area contributed by atoms with Gasteiger partial charge in [-0.25, -0.2) is 9.50 Å². The highest BCUT2D eigenvalue weighted by Gasteiger charge is 2.30. The fraction of sp³-hybridized carbons (Fsp3) is 0.529. The molecule has 0 N–H and O–H groups in total. The van der Waals surface area contributed by atoms with Gasteiger partial charge >= 0.3 is 0 Å². The first-order valence-electron chi connectivity index (χ1n) is 8.57. The van der Waals surface area contributed by atoms with Crippen LogP contribution in [0.5, 0.6) is 0 Å². The quantitative estimate of drug-likeness (QED) is 0.734. The average Bonchev–Trinajstić information content (AvgIpc) is 3.24. The van der Waals surface area contributed by atoms with Crippen LogP contribution < -0.4 is 0 Å². The second-order valence-corrected chi connectivity index (χ2v) is 6.48. The van der Waals surface area contributed by atoms with Crippen molar-refractivity contribution < 1.29 is 4.52 Å². The normalized spacial score (nSPS) is 18.7. The van der Waals surface area contributed by atoms with Gasteiger partial charge in [-0.2, -0.15) is 10.1 Å². The van der Waals surface area contributed by atoms with E-state index in [-0.39, 0.29) is 6.04 Å². The highest BCUT2D eigenvalue weighted by Crippen LogP contribution is 2.32. The average molecular weight is 326 g/mol. The summed E-state index contributed by atoms with van der Waals surface area (Å²) in [5, 5.41) is 8.61. The number of rotatable bonds is 4. The number of aromatic nitrogens is 5. The molecule has 0 unspecified atom stereocenters. The number of hydrogen-bond acceptors (Lipinski definition) is 6. The van der Waals surface area contributed by atoms with E-state index in [2.05, 4.69) is 32.0 Å². The number of nitrogens with zero attached hydrogens (tertiary/aromatic N) is 6. The third-order valence-electron chi connectivity index (χ3n) is 4.62. The Labute approximate surface area is 140 Å². The van der Waals surface area contributed by atoms with Crippen molar-refractivity contribution in [3.05, 3.63) is 29.5 Å². The Kier molecular flexibility index (Phi) is 3.80. The molecule has 1 fully saturated rings. The van der Waals surface area contributed by atoms with E-state index in [4.69, 9.17) is 4.52 Å². The van der Waals surface area contributed by atoms with E-state index >= 15 is 0 Å². The van der Waals surface area contributed by atoms with Crippen LogP contribution in [0.4, 0.5) is 0 Å². The van der Waals surface area contributed by atoms with Crippen molar-refractivity contribution in [2.24, 2.45) is 0 Å². The Bertz CT molecular complexity index is 867. The Hall–Kier alpha value is -2.28. The number of fused-ring (bicyclic) bond motifs is 1. The van der Waals surface area contributed by atoms with Crippen LogP contribution in [0.1, 0.15) is 49.5 Å². The zero-order valence-electron chi connectivity index (χ0n) is 14.4. The molecule has 1 atom stereocenters. The van der Waals surface area contributed by atoms with Gasteiger partial charge in [-0.05, 0) is 52.3 Å². The monoisotopic (exact) mass is 326 g/mol. The van der Waals surface area contributed by atoms with E-state index in [1.165, 1.54) is 6.42 Å². The van der Waals surface area contributed by atoms with Crippen LogP contribution in [0.15, 0.2) is 16.8 Å². The van der Waals surface area contributed by atoms with E-state index in [1.807, 2.05) is 24.4 Å². The van der Waals surface area contributed by atoms with E-state index < -0.39 is 0 Å². The van der Waals surface area contributed by atoms with Crippen molar-refractivity contribution >= 4 is 5.65 Å². The lowest BCUT2D eigenvalue weighted by Gasteiger charge is -2.20. The molecule has 24 heavy (non-hydrogen) atoms. The second-order valence-electron chi connectivity index (χ2n) is 6.48. The third kappa shape index (κ3) is 2.49. The standard InChI is InChI=1S/C17H22N6O/c1-4-7-22-8-5-6-14(22)17-20-15(21-24-17)13-10-18-23-12(3)9-11(2)19-16(13)23/h9-10,14H,4-8H2,1-3H3/t14-/m1/s1. The van der Waals surface area contributed by atoms with Gasteiger partial charge in [0.05, 0.1) is 17.8 Å². The van der Waals surface area contributed by atoms with Crippen LogP contribution >= 0.6 is 0 Å². The number of aryl methyl sites for hydroxylation is 2. The lowest BCUT2D eigenvalue weighted by Crippen LogP contribution is -2.24. The molecule has 4 rings (SSSR count). The molecule has 4 heterocycles. The van der Waals surface area contributed by atoms with Crippen LogP contribution in [-0.2, 0) is 0 Å². The zero-order chi connectivity index (χ0) is 16.7. The lowest BCUT2D eigenvalue weighted by atomic mass is 10.2. The topological polar surface area (TPSA) is 72.4 Å². The molecule has 1 aliphatic heterocycles. The number of hydrogen-bond donors (Lipinski definition) is 0. The summed E-state index contributed by atoms with van der Waals surface area (Å²) in [7, 11) is 0.